The number of benzene rings is 1. The predicted octanol–water partition coefficient (Wildman–Crippen LogP) is 3.14. The van der Waals surface area contributed by atoms with E-state index in [0.29, 0.717) is 43.3 Å². The molecule has 1 aliphatic carbocycles. The summed E-state index contributed by atoms with van der Waals surface area (Å²) >= 11 is 0. The summed E-state index contributed by atoms with van der Waals surface area (Å²) in [5, 5.41) is 8.42. The fraction of sp³-hybridized carbons (Fsp3) is 0.333. The Balaban J connectivity index is 1.38. The summed E-state index contributed by atoms with van der Waals surface area (Å²) in [6.45, 7) is 0.600. The average molecular weight is 380 g/mol. The van der Waals surface area contributed by atoms with Crippen LogP contribution in [0, 0.1) is 11.7 Å². The number of nitrogens with one attached hydrogen (secondary N) is 1. The molecule has 7 heteroatoms. The first-order chi connectivity index (χ1) is 13.6. The van der Waals surface area contributed by atoms with Gasteiger partial charge in [0.25, 0.3) is 5.91 Å². The van der Waals surface area contributed by atoms with Crippen LogP contribution in [0.5, 0.6) is 0 Å². The summed E-state index contributed by atoms with van der Waals surface area (Å²) < 4.78 is 13.3. The minimum absolute atomic E-state index is 0.0247. The van der Waals surface area contributed by atoms with Gasteiger partial charge in [-0.1, -0.05) is 18.2 Å². The maximum absolute atomic E-state index is 13.3. The van der Waals surface area contributed by atoms with Crippen molar-refractivity contribution in [2.75, 3.05) is 11.9 Å². The first kappa shape index (κ1) is 18.3. The van der Waals surface area contributed by atoms with Crippen LogP contribution in [0.2, 0.25) is 0 Å². The quantitative estimate of drug-likeness (QED) is 0.837. The Labute approximate surface area is 162 Å². The first-order valence-corrected chi connectivity index (χ1v) is 9.45. The summed E-state index contributed by atoms with van der Waals surface area (Å²) in [5.41, 5.74) is 2.13. The third-order valence-corrected chi connectivity index (χ3v) is 4.86. The number of nitrogens with zero attached hydrogens (tertiary/aromatic N) is 3. The third-order valence-electron chi connectivity index (χ3n) is 4.86. The van der Waals surface area contributed by atoms with Gasteiger partial charge >= 0.3 is 0 Å². The topological polar surface area (TPSA) is 74.7 Å². The molecule has 0 saturated heterocycles. The van der Waals surface area contributed by atoms with Gasteiger partial charge in [0.15, 0.2) is 0 Å². The van der Waals surface area contributed by atoms with Crippen LogP contribution >= 0.6 is 0 Å². The molecule has 2 amide bonds. The van der Waals surface area contributed by atoms with E-state index in [2.05, 4.69) is 15.4 Å². The number of rotatable bonds is 6. The second-order valence-electron chi connectivity index (χ2n) is 7.28. The second-order valence-corrected chi connectivity index (χ2v) is 7.28. The SMILES string of the molecule is O=C(Nc1ccc(Cc2cccc(F)c2)cn1)C1=NN(CC2CC2)C(=O)CC1. The number of halogens is 1. The molecule has 1 aromatic carbocycles. The Morgan fingerprint density at radius 2 is 2.04 bits per heavy atom. The van der Waals surface area contributed by atoms with Crippen molar-refractivity contribution in [2.24, 2.45) is 11.0 Å². The van der Waals surface area contributed by atoms with Gasteiger partial charge in [0.1, 0.15) is 17.3 Å². The fourth-order valence-electron chi connectivity index (χ4n) is 3.13. The van der Waals surface area contributed by atoms with Crippen molar-refractivity contribution < 1.29 is 14.0 Å². The zero-order valence-electron chi connectivity index (χ0n) is 15.4. The predicted molar refractivity (Wildman–Crippen MR) is 103 cm³/mol. The lowest BCUT2D eigenvalue weighted by atomic mass is 10.1. The van der Waals surface area contributed by atoms with Crippen LogP contribution in [-0.4, -0.2) is 34.1 Å². The van der Waals surface area contributed by atoms with Crippen LogP contribution in [0.4, 0.5) is 10.2 Å². The molecule has 28 heavy (non-hydrogen) atoms. The van der Waals surface area contributed by atoms with Gasteiger partial charge < -0.3 is 5.32 Å². The summed E-state index contributed by atoms with van der Waals surface area (Å²) in [6, 6.07) is 9.99. The first-order valence-electron chi connectivity index (χ1n) is 9.45. The van der Waals surface area contributed by atoms with Crippen LogP contribution in [0.25, 0.3) is 0 Å². The van der Waals surface area contributed by atoms with E-state index in [9.17, 15) is 14.0 Å². The Bertz CT molecular complexity index is 922. The largest absolute Gasteiger partial charge is 0.305 e. The maximum Gasteiger partial charge on any atom is 0.273 e. The molecule has 6 nitrogen and oxygen atoms in total. The smallest absolute Gasteiger partial charge is 0.273 e. The van der Waals surface area contributed by atoms with Crippen LogP contribution in [0.15, 0.2) is 47.7 Å². The van der Waals surface area contributed by atoms with Gasteiger partial charge in [0, 0.05) is 25.6 Å². The van der Waals surface area contributed by atoms with Crippen molar-refractivity contribution in [1.29, 1.82) is 0 Å². The highest BCUT2D eigenvalue weighted by Crippen LogP contribution is 2.30. The van der Waals surface area contributed by atoms with Gasteiger partial charge in [-0.15, -0.1) is 0 Å². The summed E-state index contributed by atoms with van der Waals surface area (Å²) in [6.07, 6.45) is 5.10. The molecule has 1 fully saturated rings. The molecule has 1 N–H and O–H groups in total. The molecule has 2 aliphatic rings. The van der Waals surface area contributed by atoms with E-state index in [1.807, 2.05) is 12.1 Å². The molecule has 0 spiro atoms. The standard InChI is InChI=1S/C21H21FN4O2/c22-17-3-1-2-15(11-17)10-16-6-8-19(23-12-16)24-21(28)18-7-9-20(27)26(25-18)13-14-4-5-14/h1-3,6,8,11-12,14H,4-5,7,9-10,13H2,(H,23,24,28). The summed E-state index contributed by atoms with van der Waals surface area (Å²) in [5.74, 6) is 0.308. The van der Waals surface area contributed by atoms with Gasteiger partial charge in [0.05, 0.1) is 0 Å². The van der Waals surface area contributed by atoms with Crippen LogP contribution < -0.4 is 5.32 Å². The maximum atomic E-state index is 13.3. The molecule has 0 radical (unpaired) electrons. The van der Waals surface area contributed by atoms with Crippen molar-refractivity contribution in [1.82, 2.24) is 9.99 Å². The number of aromatic nitrogens is 1. The second kappa shape index (κ2) is 7.88. The zero-order valence-corrected chi connectivity index (χ0v) is 15.4. The van der Waals surface area contributed by atoms with Gasteiger partial charge in [0.2, 0.25) is 5.91 Å². The zero-order chi connectivity index (χ0) is 19.5. The summed E-state index contributed by atoms with van der Waals surface area (Å²) in [4.78, 5) is 28.7. The van der Waals surface area contributed by atoms with Gasteiger partial charge in [-0.2, -0.15) is 5.10 Å². The van der Waals surface area contributed by atoms with E-state index >= 15 is 0 Å². The van der Waals surface area contributed by atoms with Crippen LogP contribution in [0.1, 0.15) is 36.8 Å². The Hall–Kier alpha value is -3.09. The molecule has 1 aromatic heterocycles. The molecule has 4 rings (SSSR count). The number of carbonyl (C=O) groups excluding carboxylic acids is 2. The fourth-order valence-corrected chi connectivity index (χ4v) is 3.13. The average Bonchev–Trinajstić information content (AvgIpc) is 3.49. The molecule has 0 unspecified atom stereocenters. The minimum atomic E-state index is -0.335. The molecule has 2 aromatic rings. The molecule has 0 bridgehead atoms. The number of hydrogen-bond acceptors (Lipinski definition) is 4. The highest BCUT2D eigenvalue weighted by molar-refractivity contribution is 6.43. The van der Waals surface area contributed by atoms with Crippen molar-refractivity contribution in [3.8, 4) is 0 Å². The Morgan fingerprint density at radius 3 is 2.75 bits per heavy atom. The monoisotopic (exact) mass is 380 g/mol. The highest BCUT2D eigenvalue weighted by Gasteiger charge is 2.30. The Morgan fingerprint density at radius 1 is 1.18 bits per heavy atom. The van der Waals surface area contributed by atoms with E-state index in [1.54, 1.807) is 18.3 Å². The van der Waals surface area contributed by atoms with E-state index in [-0.39, 0.29) is 17.6 Å². The molecule has 0 atom stereocenters. The van der Waals surface area contributed by atoms with Crippen molar-refractivity contribution in [3.63, 3.8) is 0 Å². The highest BCUT2D eigenvalue weighted by atomic mass is 19.1. The number of anilines is 1. The lowest BCUT2D eigenvalue weighted by Gasteiger charge is -2.22. The van der Waals surface area contributed by atoms with Crippen molar-refractivity contribution in [2.45, 2.75) is 32.1 Å². The van der Waals surface area contributed by atoms with Gasteiger partial charge in [-0.25, -0.2) is 14.4 Å². The third kappa shape index (κ3) is 4.60. The van der Waals surface area contributed by atoms with Crippen molar-refractivity contribution in [3.05, 3.63) is 59.5 Å². The van der Waals surface area contributed by atoms with Crippen LogP contribution in [0.3, 0.4) is 0 Å². The lowest BCUT2D eigenvalue weighted by Crippen LogP contribution is -2.37. The summed E-state index contributed by atoms with van der Waals surface area (Å²) in [7, 11) is 0. The minimum Gasteiger partial charge on any atom is -0.305 e. The molecular formula is C21H21FN4O2. The van der Waals surface area contributed by atoms with E-state index in [4.69, 9.17) is 0 Å². The van der Waals surface area contributed by atoms with E-state index in [0.717, 1.165) is 24.0 Å². The normalized spacial score (nSPS) is 16.7. The van der Waals surface area contributed by atoms with Gasteiger partial charge in [-0.3, -0.25) is 9.59 Å². The van der Waals surface area contributed by atoms with Crippen molar-refractivity contribution >= 4 is 23.3 Å². The lowest BCUT2D eigenvalue weighted by molar-refractivity contribution is -0.132. The number of pyridine rings is 1. The molecule has 1 aliphatic heterocycles. The number of hydrogen-bond donors (Lipinski definition) is 1. The van der Waals surface area contributed by atoms with Gasteiger partial charge in [-0.05, 0) is 54.5 Å². The molecule has 144 valence electrons. The number of carbonyl (C=O) groups is 2. The molecular weight excluding hydrogens is 359 g/mol. The number of amides is 2. The number of hydrazone groups is 1. The molecule has 2 heterocycles. The Kier molecular flexibility index (Phi) is 5.14. The van der Waals surface area contributed by atoms with E-state index < -0.39 is 0 Å². The molecule has 1 saturated carbocycles. The van der Waals surface area contributed by atoms with E-state index in [1.165, 1.54) is 17.1 Å². The van der Waals surface area contributed by atoms with Crippen LogP contribution in [-0.2, 0) is 16.0 Å².